The normalized spacial score (nSPS) is 12.8. The molecule has 11 heteroatoms. The van der Waals surface area contributed by atoms with Crippen LogP contribution in [0.3, 0.4) is 0 Å². The van der Waals surface area contributed by atoms with E-state index in [0.29, 0.717) is 5.01 Å². The van der Waals surface area contributed by atoms with E-state index in [0.717, 1.165) is 11.3 Å². The molecule has 1 aromatic rings. The number of carboxylic acid groups (broad SMARTS) is 1. The molecule has 1 unspecified atom stereocenters. The number of aliphatic carboxylic acids is 1. The fourth-order valence-corrected chi connectivity index (χ4v) is 1.87. The molecular weight excluding hydrogens is 341 g/mol. The smallest absolute Gasteiger partial charge is 0.408 e. The first-order chi connectivity index (χ1) is 8.69. The van der Waals surface area contributed by atoms with Crippen LogP contribution in [0.1, 0.15) is 16.1 Å². The quantitative estimate of drug-likeness (QED) is 0.808. The maximum Gasteiger partial charge on any atom is 0.408 e. The van der Waals surface area contributed by atoms with Gasteiger partial charge in [0.2, 0.25) is 3.79 Å². The van der Waals surface area contributed by atoms with Crippen molar-refractivity contribution < 1.29 is 19.4 Å². The zero-order chi connectivity index (χ0) is 14.6. The Bertz CT molecular complexity index is 476. The molecule has 0 bridgehead atoms. The molecule has 7 nitrogen and oxygen atoms in total. The van der Waals surface area contributed by atoms with Crippen molar-refractivity contribution >= 4 is 58.2 Å². The number of aromatic nitrogens is 2. The van der Waals surface area contributed by atoms with Gasteiger partial charge >= 0.3 is 12.1 Å². The van der Waals surface area contributed by atoms with Gasteiger partial charge < -0.3 is 15.2 Å². The van der Waals surface area contributed by atoms with Crippen LogP contribution in [-0.2, 0) is 9.53 Å². The summed E-state index contributed by atoms with van der Waals surface area (Å²) in [5.41, 5.74) is 0. The molecule has 0 spiro atoms. The van der Waals surface area contributed by atoms with Gasteiger partial charge in [0.15, 0.2) is 11.0 Å². The number of nitrogens with zero attached hydrogens (tertiary/aromatic N) is 2. The molecule has 1 amide bonds. The van der Waals surface area contributed by atoms with Crippen LogP contribution >= 0.6 is 46.1 Å². The van der Waals surface area contributed by atoms with Crippen molar-refractivity contribution in [3.8, 4) is 0 Å². The topological polar surface area (TPSA) is 101 Å². The molecule has 0 aromatic carbocycles. The van der Waals surface area contributed by atoms with Gasteiger partial charge in [-0.05, 0) is 6.92 Å². The van der Waals surface area contributed by atoms with Crippen LogP contribution < -0.4 is 5.32 Å². The van der Waals surface area contributed by atoms with Gasteiger partial charge in [-0.2, -0.15) is 0 Å². The largest absolute Gasteiger partial charge is 0.479 e. The number of halogens is 3. The zero-order valence-electron chi connectivity index (χ0n) is 9.39. The summed E-state index contributed by atoms with van der Waals surface area (Å²) in [4.78, 5) is 22.4. The van der Waals surface area contributed by atoms with Crippen LogP contribution in [0.2, 0.25) is 0 Å². The number of alkyl carbamates (subject to hydrolysis) is 1. The predicted molar refractivity (Wildman–Crippen MR) is 69.8 cm³/mol. The molecule has 0 aliphatic heterocycles. The highest BCUT2D eigenvalue weighted by molar-refractivity contribution is 7.11. The molecular formula is C8H8Cl3N3O4S. The monoisotopic (exact) mass is 347 g/mol. The van der Waals surface area contributed by atoms with E-state index in [1.165, 1.54) is 0 Å². The maximum absolute atomic E-state index is 11.4. The molecule has 0 saturated heterocycles. The second-order valence-electron chi connectivity index (χ2n) is 3.27. The summed E-state index contributed by atoms with van der Waals surface area (Å²) in [7, 11) is 0. The highest BCUT2D eigenvalue weighted by atomic mass is 35.6. The number of ether oxygens (including phenoxy) is 1. The number of carbonyl (C=O) groups excluding carboxylic acids is 1. The molecule has 0 aliphatic carbocycles. The second kappa shape index (κ2) is 6.56. The number of hydrogen-bond acceptors (Lipinski definition) is 6. The molecule has 0 saturated carbocycles. The lowest BCUT2D eigenvalue weighted by Gasteiger charge is -2.14. The van der Waals surface area contributed by atoms with Crippen molar-refractivity contribution in [3.63, 3.8) is 0 Å². The average Bonchev–Trinajstić information content (AvgIpc) is 2.68. The molecule has 106 valence electrons. The number of amides is 1. The summed E-state index contributed by atoms with van der Waals surface area (Å²) < 4.78 is 2.79. The Kier molecular flexibility index (Phi) is 5.60. The van der Waals surface area contributed by atoms with E-state index in [2.05, 4.69) is 20.3 Å². The zero-order valence-corrected chi connectivity index (χ0v) is 12.5. The van der Waals surface area contributed by atoms with E-state index >= 15 is 0 Å². The van der Waals surface area contributed by atoms with Gasteiger partial charge in [-0.1, -0.05) is 46.1 Å². The predicted octanol–water partition coefficient (Wildman–Crippen LogP) is 2.07. The van der Waals surface area contributed by atoms with Crippen LogP contribution in [0.25, 0.3) is 0 Å². The number of hydrogen-bond donors (Lipinski definition) is 2. The molecule has 0 fully saturated rings. The van der Waals surface area contributed by atoms with E-state index in [4.69, 9.17) is 39.9 Å². The standard InChI is InChI=1S/C8H8Cl3N3O4S/c1-3-13-14-5(19-3)4(6(15)16)12-7(17)18-2-8(9,10)11/h4H,2H2,1H3,(H,12,17)(H,15,16). The van der Waals surface area contributed by atoms with Crippen molar-refractivity contribution in [2.75, 3.05) is 6.61 Å². The van der Waals surface area contributed by atoms with Crippen molar-refractivity contribution in [2.24, 2.45) is 0 Å². The SMILES string of the molecule is Cc1nnc(C(NC(=O)OCC(Cl)(Cl)Cl)C(=O)O)s1. The Morgan fingerprint density at radius 2 is 2.11 bits per heavy atom. The van der Waals surface area contributed by atoms with Crippen LogP contribution in [0.4, 0.5) is 4.79 Å². The van der Waals surface area contributed by atoms with E-state index in [9.17, 15) is 9.59 Å². The number of alkyl halides is 3. The highest BCUT2D eigenvalue weighted by Gasteiger charge is 2.28. The van der Waals surface area contributed by atoms with Gasteiger partial charge in [0, 0.05) is 0 Å². The lowest BCUT2D eigenvalue weighted by molar-refractivity contribution is -0.139. The maximum atomic E-state index is 11.4. The summed E-state index contributed by atoms with van der Waals surface area (Å²) in [6.07, 6.45) is -1.04. The first-order valence-corrected chi connectivity index (χ1v) is 6.67. The van der Waals surface area contributed by atoms with Crippen molar-refractivity contribution in [1.29, 1.82) is 0 Å². The minimum absolute atomic E-state index is 0.121. The summed E-state index contributed by atoms with van der Waals surface area (Å²) in [5, 5.41) is 19.1. The Morgan fingerprint density at radius 1 is 1.47 bits per heavy atom. The summed E-state index contributed by atoms with van der Waals surface area (Å²) in [5.74, 6) is -1.30. The minimum Gasteiger partial charge on any atom is -0.479 e. The van der Waals surface area contributed by atoms with Gasteiger partial charge in [0.05, 0.1) is 0 Å². The first-order valence-electron chi connectivity index (χ1n) is 4.72. The first kappa shape index (κ1) is 16.2. The Hall–Kier alpha value is -0.830. The van der Waals surface area contributed by atoms with Gasteiger partial charge in [-0.15, -0.1) is 10.2 Å². The van der Waals surface area contributed by atoms with Gasteiger partial charge in [-0.25, -0.2) is 9.59 Å². The fourth-order valence-electron chi connectivity index (χ4n) is 0.965. The third kappa shape index (κ3) is 5.77. The van der Waals surface area contributed by atoms with Crippen molar-refractivity contribution in [1.82, 2.24) is 15.5 Å². The fraction of sp³-hybridized carbons (Fsp3) is 0.500. The highest BCUT2D eigenvalue weighted by Crippen LogP contribution is 2.26. The lowest BCUT2D eigenvalue weighted by atomic mass is 10.3. The molecule has 0 aliphatic rings. The second-order valence-corrected chi connectivity index (χ2v) is 7.00. The van der Waals surface area contributed by atoms with E-state index in [1.807, 2.05) is 0 Å². The van der Waals surface area contributed by atoms with Crippen molar-refractivity contribution in [3.05, 3.63) is 10.0 Å². The summed E-state index contributed by atoms with van der Waals surface area (Å²) in [6, 6.07) is -1.37. The number of aryl methyl sites for hydroxylation is 1. The van der Waals surface area contributed by atoms with E-state index in [1.54, 1.807) is 6.92 Å². The van der Waals surface area contributed by atoms with Gasteiger partial charge in [0.25, 0.3) is 0 Å². The third-order valence-electron chi connectivity index (χ3n) is 1.66. The summed E-state index contributed by atoms with van der Waals surface area (Å²) >= 11 is 17.2. The van der Waals surface area contributed by atoms with E-state index < -0.39 is 28.5 Å². The summed E-state index contributed by atoms with van der Waals surface area (Å²) in [6.45, 7) is 1.15. The molecule has 0 radical (unpaired) electrons. The molecule has 19 heavy (non-hydrogen) atoms. The Morgan fingerprint density at radius 3 is 2.53 bits per heavy atom. The number of carboxylic acids is 1. The third-order valence-corrected chi connectivity index (χ3v) is 2.90. The van der Waals surface area contributed by atoms with Crippen LogP contribution in [0.15, 0.2) is 0 Å². The van der Waals surface area contributed by atoms with Gasteiger partial charge in [-0.3, -0.25) is 0 Å². The Balaban J connectivity index is 2.65. The number of rotatable bonds is 4. The van der Waals surface area contributed by atoms with Crippen molar-refractivity contribution in [2.45, 2.75) is 16.8 Å². The molecule has 1 heterocycles. The minimum atomic E-state index is -1.77. The molecule has 1 aromatic heterocycles. The Labute approximate surface area is 126 Å². The van der Waals surface area contributed by atoms with Crippen LogP contribution in [-0.4, -0.2) is 37.8 Å². The average molecular weight is 349 g/mol. The molecule has 1 atom stereocenters. The van der Waals surface area contributed by atoms with E-state index in [-0.39, 0.29) is 5.01 Å². The number of nitrogens with one attached hydrogen (secondary N) is 1. The van der Waals surface area contributed by atoms with Gasteiger partial charge in [0.1, 0.15) is 11.6 Å². The van der Waals surface area contributed by atoms with Crippen LogP contribution in [0, 0.1) is 6.92 Å². The lowest BCUT2D eigenvalue weighted by Crippen LogP contribution is -2.35. The van der Waals surface area contributed by atoms with Crippen LogP contribution in [0.5, 0.6) is 0 Å². The number of carbonyl (C=O) groups is 2. The molecule has 1 rings (SSSR count). The molecule has 2 N–H and O–H groups in total.